The summed E-state index contributed by atoms with van der Waals surface area (Å²) in [6.45, 7) is 2.38. The van der Waals surface area contributed by atoms with Gasteiger partial charge in [0.2, 0.25) is 5.91 Å². The van der Waals surface area contributed by atoms with Crippen LogP contribution in [-0.2, 0) is 9.53 Å². The van der Waals surface area contributed by atoms with E-state index in [1.54, 1.807) is 38.5 Å². The molecule has 0 radical (unpaired) electrons. The number of hydrogen-bond donors (Lipinski definition) is 1. The van der Waals surface area contributed by atoms with Gasteiger partial charge in [-0.1, -0.05) is 12.1 Å². The van der Waals surface area contributed by atoms with E-state index in [1.807, 2.05) is 29.2 Å². The van der Waals surface area contributed by atoms with Crippen molar-refractivity contribution in [3.8, 4) is 11.5 Å². The Kier molecular flexibility index (Phi) is 6.95. The van der Waals surface area contributed by atoms with Crippen molar-refractivity contribution < 1.29 is 23.8 Å². The first-order valence-corrected chi connectivity index (χ1v) is 11.0. The van der Waals surface area contributed by atoms with E-state index in [4.69, 9.17) is 14.2 Å². The summed E-state index contributed by atoms with van der Waals surface area (Å²) in [6.07, 6.45) is 1.34. The Morgan fingerprint density at radius 2 is 1.50 bits per heavy atom. The maximum Gasteiger partial charge on any atom is 0.251 e. The zero-order valence-corrected chi connectivity index (χ0v) is 18.6. The van der Waals surface area contributed by atoms with Gasteiger partial charge in [-0.3, -0.25) is 9.59 Å². The quantitative estimate of drug-likeness (QED) is 0.751. The molecule has 7 heteroatoms. The molecular formula is C25H30N2O5. The highest BCUT2D eigenvalue weighted by Crippen LogP contribution is 2.41. The van der Waals surface area contributed by atoms with E-state index < -0.39 is 0 Å². The molecule has 32 heavy (non-hydrogen) atoms. The van der Waals surface area contributed by atoms with E-state index >= 15 is 0 Å². The van der Waals surface area contributed by atoms with Gasteiger partial charge in [-0.05, 0) is 60.7 Å². The molecule has 170 valence electrons. The number of morpholine rings is 1. The normalized spacial score (nSPS) is 22.9. The molecule has 2 aromatic carbocycles. The fraction of sp³-hybridized carbons (Fsp3) is 0.440. The molecule has 0 bridgehead atoms. The summed E-state index contributed by atoms with van der Waals surface area (Å²) in [5.74, 6) is 1.37. The maximum atomic E-state index is 13.4. The van der Waals surface area contributed by atoms with Gasteiger partial charge in [0, 0.05) is 30.6 Å². The van der Waals surface area contributed by atoms with Gasteiger partial charge in [0.05, 0.1) is 27.4 Å². The fourth-order valence-corrected chi connectivity index (χ4v) is 4.68. The molecule has 4 rings (SSSR count). The van der Waals surface area contributed by atoms with Crippen LogP contribution >= 0.6 is 0 Å². The molecule has 2 aromatic rings. The van der Waals surface area contributed by atoms with Crippen LogP contribution in [0.4, 0.5) is 0 Å². The minimum Gasteiger partial charge on any atom is -0.497 e. The molecule has 3 atom stereocenters. The van der Waals surface area contributed by atoms with Gasteiger partial charge in [-0.15, -0.1) is 0 Å². The minimum absolute atomic E-state index is 0.0393. The van der Waals surface area contributed by atoms with Gasteiger partial charge in [0.1, 0.15) is 11.5 Å². The molecular weight excluding hydrogens is 408 g/mol. The van der Waals surface area contributed by atoms with E-state index in [2.05, 4.69) is 5.32 Å². The molecule has 0 spiro atoms. The summed E-state index contributed by atoms with van der Waals surface area (Å²) in [4.78, 5) is 28.1. The van der Waals surface area contributed by atoms with Crippen molar-refractivity contribution >= 4 is 11.8 Å². The van der Waals surface area contributed by atoms with Crippen LogP contribution in [0.15, 0.2) is 48.5 Å². The first-order chi connectivity index (χ1) is 15.6. The van der Waals surface area contributed by atoms with Crippen LogP contribution < -0.4 is 14.8 Å². The van der Waals surface area contributed by atoms with Gasteiger partial charge in [0.25, 0.3) is 5.91 Å². The Morgan fingerprint density at radius 3 is 2.09 bits per heavy atom. The van der Waals surface area contributed by atoms with Gasteiger partial charge < -0.3 is 24.4 Å². The molecule has 2 fully saturated rings. The first kappa shape index (κ1) is 22.1. The molecule has 1 saturated heterocycles. The number of carbonyl (C=O) groups excluding carboxylic acids is 2. The van der Waals surface area contributed by atoms with Crippen LogP contribution in [0.2, 0.25) is 0 Å². The van der Waals surface area contributed by atoms with Crippen LogP contribution in [0, 0.1) is 5.92 Å². The number of nitrogens with one attached hydrogen (secondary N) is 1. The Labute approximate surface area is 188 Å². The van der Waals surface area contributed by atoms with Crippen molar-refractivity contribution in [2.75, 3.05) is 40.5 Å². The lowest BCUT2D eigenvalue weighted by molar-refractivity contribution is -0.140. The molecule has 1 N–H and O–H groups in total. The third-order valence-corrected chi connectivity index (χ3v) is 6.43. The molecule has 0 aromatic heterocycles. The first-order valence-electron chi connectivity index (χ1n) is 11.0. The number of carbonyl (C=O) groups is 2. The monoisotopic (exact) mass is 438 g/mol. The fourth-order valence-electron chi connectivity index (χ4n) is 4.68. The van der Waals surface area contributed by atoms with Gasteiger partial charge in [-0.25, -0.2) is 0 Å². The lowest BCUT2D eigenvalue weighted by atomic mass is 9.88. The average Bonchev–Trinajstić information content (AvgIpc) is 3.27. The predicted octanol–water partition coefficient (Wildman–Crippen LogP) is 2.85. The van der Waals surface area contributed by atoms with Crippen molar-refractivity contribution in [1.29, 1.82) is 0 Å². The van der Waals surface area contributed by atoms with Gasteiger partial charge in [0.15, 0.2) is 0 Å². The molecule has 2 aliphatic rings. The van der Waals surface area contributed by atoms with Crippen LogP contribution in [0.5, 0.6) is 11.5 Å². The number of methoxy groups -OCH3 is 2. The summed E-state index contributed by atoms with van der Waals surface area (Å²) in [7, 11) is 3.23. The van der Waals surface area contributed by atoms with Crippen LogP contribution in [0.25, 0.3) is 0 Å². The van der Waals surface area contributed by atoms with E-state index in [1.165, 1.54) is 0 Å². The molecule has 0 unspecified atom stereocenters. The lowest BCUT2D eigenvalue weighted by Crippen LogP contribution is -2.44. The molecule has 2 amide bonds. The van der Waals surface area contributed by atoms with Gasteiger partial charge >= 0.3 is 0 Å². The number of benzene rings is 2. The molecule has 1 heterocycles. The van der Waals surface area contributed by atoms with Gasteiger partial charge in [-0.2, -0.15) is 0 Å². The maximum absolute atomic E-state index is 13.4. The summed E-state index contributed by atoms with van der Waals surface area (Å²) in [5, 5.41) is 3.14. The number of amides is 2. The number of nitrogens with zero attached hydrogens (tertiary/aromatic N) is 1. The van der Waals surface area contributed by atoms with E-state index in [0.29, 0.717) is 44.0 Å². The Hall–Kier alpha value is -3.06. The molecule has 7 nitrogen and oxygen atoms in total. The highest BCUT2D eigenvalue weighted by molar-refractivity contribution is 5.94. The average molecular weight is 439 g/mol. The lowest BCUT2D eigenvalue weighted by Gasteiger charge is -2.31. The molecule has 1 saturated carbocycles. The third-order valence-electron chi connectivity index (χ3n) is 6.43. The summed E-state index contributed by atoms with van der Waals surface area (Å²) >= 11 is 0. The zero-order valence-electron chi connectivity index (χ0n) is 18.6. The number of rotatable bonds is 6. The largest absolute Gasteiger partial charge is 0.497 e. The Bertz CT molecular complexity index is 922. The molecule has 1 aliphatic carbocycles. The SMILES string of the molecule is COc1ccc(C(=O)N[C@@H]2C[C@H](C(=O)N3CCOCC3)[C@@H](c3ccc(OC)cc3)C2)cc1. The van der Waals surface area contributed by atoms with Crippen molar-refractivity contribution in [3.05, 3.63) is 59.7 Å². The van der Waals surface area contributed by atoms with Crippen LogP contribution in [-0.4, -0.2) is 63.3 Å². The van der Waals surface area contributed by atoms with Crippen LogP contribution in [0.3, 0.4) is 0 Å². The predicted molar refractivity (Wildman–Crippen MR) is 120 cm³/mol. The van der Waals surface area contributed by atoms with E-state index in [-0.39, 0.29) is 29.7 Å². The topological polar surface area (TPSA) is 77.1 Å². The minimum atomic E-state index is -0.178. The third kappa shape index (κ3) is 4.88. The Morgan fingerprint density at radius 1 is 0.906 bits per heavy atom. The number of hydrogen-bond acceptors (Lipinski definition) is 5. The zero-order chi connectivity index (χ0) is 22.5. The van der Waals surface area contributed by atoms with E-state index in [9.17, 15) is 9.59 Å². The molecule has 1 aliphatic heterocycles. The second-order valence-electron chi connectivity index (χ2n) is 8.29. The summed E-state index contributed by atoms with van der Waals surface area (Å²) in [5.41, 5.74) is 1.67. The van der Waals surface area contributed by atoms with Crippen molar-refractivity contribution in [1.82, 2.24) is 10.2 Å². The second-order valence-corrected chi connectivity index (χ2v) is 8.29. The van der Waals surface area contributed by atoms with E-state index in [0.717, 1.165) is 17.7 Å². The Balaban J connectivity index is 1.51. The second kappa shape index (κ2) is 10.0. The highest BCUT2D eigenvalue weighted by atomic mass is 16.5. The summed E-state index contributed by atoms with van der Waals surface area (Å²) in [6, 6.07) is 14.9. The van der Waals surface area contributed by atoms with Crippen molar-refractivity contribution in [3.63, 3.8) is 0 Å². The smallest absolute Gasteiger partial charge is 0.251 e. The highest BCUT2D eigenvalue weighted by Gasteiger charge is 2.42. The number of ether oxygens (including phenoxy) is 3. The standard InChI is InChI=1S/C25H30N2O5/c1-30-20-7-3-17(4-8-20)22-15-19(16-23(22)25(29)27-11-13-32-14-12-27)26-24(28)18-5-9-21(31-2)10-6-18/h3-10,19,22-23H,11-16H2,1-2H3,(H,26,28)/t19-,22+,23-/m0/s1. The van der Waals surface area contributed by atoms with Crippen molar-refractivity contribution in [2.45, 2.75) is 24.8 Å². The van der Waals surface area contributed by atoms with Crippen molar-refractivity contribution in [2.24, 2.45) is 5.92 Å². The van der Waals surface area contributed by atoms with Crippen LogP contribution in [0.1, 0.15) is 34.7 Å². The summed E-state index contributed by atoms with van der Waals surface area (Å²) < 4.78 is 15.9.